The van der Waals surface area contributed by atoms with Crippen molar-refractivity contribution in [2.75, 3.05) is 10.6 Å². The van der Waals surface area contributed by atoms with Crippen LogP contribution in [0.3, 0.4) is 0 Å². The first-order valence-corrected chi connectivity index (χ1v) is 6.86. The summed E-state index contributed by atoms with van der Waals surface area (Å²) in [4.78, 5) is 12.1. The van der Waals surface area contributed by atoms with E-state index in [1.165, 1.54) is 35.4 Å². The van der Waals surface area contributed by atoms with Gasteiger partial charge in [0.15, 0.2) is 0 Å². The molecule has 0 radical (unpaired) electrons. The van der Waals surface area contributed by atoms with E-state index in [9.17, 15) is 9.18 Å². The molecule has 0 heterocycles. The third-order valence-corrected chi connectivity index (χ3v) is 3.40. The number of halogens is 1. The first-order chi connectivity index (χ1) is 9.95. The fourth-order valence-electron chi connectivity index (χ4n) is 1.93. The molecule has 0 aliphatic carbocycles. The van der Waals surface area contributed by atoms with Gasteiger partial charge in [0, 0.05) is 11.4 Å². The Bertz CT molecular complexity index is 638. The molecule has 2 aromatic carbocycles. The Morgan fingerprint density at radius 2 is 1.62 bits per heavy atom. The largest absolute Gasteiger partial charge is 0.374 e. The average molecular weight is 286 g/mol. The van der Waals surface area contributed by atoms with Crippen LogP contribution in [0.15, 0.2) is 42.5 Å². The summed E-state index contributed by atoms with van der Waals surface area (Å²) in [6.45, 7) is 5.86. The maximum Gasteiger partial charge on any atom is 0.246 e. The second-order valence-electron chi connectivity index (χ2n) is 5.16. The molecule has 21 heavy (non-hydrogen) atoms. The van der Waals surface area contributed by atoms with Crippen molar-refractivity contribution in [3.63, 3.8) is 0 Å². The summed E-state index contributed by atoms with van der Waals surface area (Å²) in [6, 6.07) is 11.3. The van der Waals surface area contributed by atoms with E-state index < -0.39 is 6.04 Å². The summed E-state index contributed by atoms with van der Waals surface area (Å²) in [7, 11) is 0. The number of hydrogen-bond donors (Lipinski definition) is 2. The Hall–Kier alpha value is -2.36. The number of aryl methyl sites for hydroxylation is 2. The number of nitrogens with one attached hydrogen (secondary N) is 2. The summed E-state index contributed by atoms with van der Waals surface area (Å²) in [6.07, 6.45) is 0. The average Bonchev–Trinajstić information content (AvgIpc) is 2.45. The van der Waals surface area contributed by atoms with E-state index in [1.54, 1.807) is 6.92 Å². The first kappa shape index (κ1) is 15.0. The van der Waals surface area contributed by atoms with Crippen LogP contribution in [0.2, 0.25) is 0 Å². The number of hydrogen-bond acceptors (Lipinski definition) is 2. The minimum atomic E-state index is -0.392. The van der Waals surface area contributed by atoms with Crippen molar-refractivity contribution in [3.8, 4) is 0 Å². The molecule has 1 atom stereocenters. The van der Waals surface area contributed by atoms with Crippen molar-refractivity contribution >= 4 is 17.3 Å². The van der Waals surface area contributed by atoms with Crippen molar-refractivity contribution in [1.29, 1.82) is 0 Å². The summed E-state index contributed by atoms with van der Waals surface area (Å²) >= 11 is 0. The normalized spacial score (nSPS) is 11.8. The van der Waals surface area contributed by atoms with E-state index in [-0.39, 0.29) is 11.7 Å². The SMILES string of the molecule is Cc1ccc(N[C@H](C)C(=O)Nc2ccc(F)cc2)cc1C. The lowest BCUT2D eigenvalue weighted by molar-refractivity contribution is -0.116. The zero-order valence-corrected chi connectivity index (χ0v) is 12.4. The van der Waals surface area contributed by atoms with E-state index in [0.29, 0.717) is 5.69 Å². The van der Waals surface area contributed by atoms with Crippen LogP contribution in [0, 0.1) is 19.7 Å². The number of carbonyl (C=O) groups is 1. The van der Waals surface area contributed by atoms with Gasteiger partial charge in [-0.05, 0) is 68.3 Å². The lowest BCUT2D eigenvalue weighted by Gasteiger charge is -2.16. The molecule has 3 nitrogen and oxygen atoms in total. The maximum atomic E-state index is 12.8. The quantitative estimate of drug-likeness (QED) is 0.895. The summed E-state index contributed by atoms with van der Waals surface area (Å²) in [5.41, 5.74) is 3.87. The molecule has 0 unspecified atom stereocenters. The first-order valence-electron chi connectivity index (χ1n) is 6.86. The van der Waals surface area contributed by atoms with E-state index in [2.05, 4.69) is 10.6 Å². The van der Waals surface area contributed by atoms with Gasteiger partial charge in [0.05, 0.1) is 0 Å². The predicted octanol–water partition coefficient (Wildman–Crippen LogP) is 3.88. The molecule has 0 bridgehead atoms. The molecule has 0 saturated heterocycles. The fourth-order valence-corrected chi connectivity index (χ4v) is 1.93. The van der Waals surface area contributed by atoms with E-state index >= 15 is 0 Å². The predicted molar refractivity (Wildman–Crippen MR) is 84.0 cm³/mol. The monoisotopic (exact) mass is 286 g/mol. The van der Waals surface area contributed by atoms with Crippen LogP contribution < -0.4 is 10.6 Å². The molecule has 110 valence electrons. The molecule has 0 spiro atoms. The molecular formula is C17H19FN2O. The second-order valence-corrected chi connectivity index (χ2v) is 5.16. The second kappa shape index (κ2) is 6.39. The Balaban J connectivity index is 1.98. The Kier molecular flexibility index (Phi) is 4.58. The van der Waals surface area contributed by atoms with Gasteiger partial charge in [-0.3, -0.25) is 4.79 Å². The summed E-state index contributed by atoms with van der Waals surface area (Å²) in [5, 5.41) is 5.90. The van der Waals surface area contributed by atoms with Crippen LogP contribution in [-0.2, 0) is 4.79 Å². The van der Waals surface area contributed by atoms with E-state index in [0.717, 1.165) is 5.69 Å². The summed E-state index contributed by atoms with van der Waals surface area (Å²) in [5.74, 6) is -0.492. The Labute approximate surface area is 124 Å². The highest BCUT2D eigenvalue weighted by Crippen LogP contribution is 2.16. The van der Waals surface area contributed by atoms with Crippen molar-refractivity contribution in [2.24, 2.45) is 0 Å². The number of amides is 1. The van der Waals surface area contributed by atoms with Gasteiger partial charge in [0.25, 0.3) is 0 Å². The fraction of sp³-hybridized carbons (Fsp3) is 0.235. The Morgan fingerprint density at radius 1 is 1.00 bits per heavy atom. The van der Waals surface area contributed by atoms with Gasteiger partial charge < -0.3 is 10.6 Å². The Morgan fingerprint density at radius 3 is 2.24 bits per heavy atom. The highest BCUT2D eigenvalue weighted by Gasteiger charge is 2.13. The van der Waals surface area contributed by atoms with Gasteiger partial charge in [0.2, 0.25) is 5.91 Å². The zero-order chi connectivity index (χ0) is 15.4. The molecule has 0 aliphatic heterocycles. The topological polar surface area (TPSA) is 41.1 Å². The number of anilines is 2. The summed E-state index contributed by atoms with van der Waals surface area (Å²) < 4.78 is 12.8. The van der Waals surface area contributed by atoms with E-state index in [1.807, 2.05) is 32.0 Å². The number of rotatable bonds is 4. The van der Waals surface area contributed by atoms with Crippen molar-refractivity contribution in [3.05, 3.63) is 59.4 Å². The molecule has 0 aliphatic rings. The van der Waals surface area contributed by atoms with Gasteiger partial charge in [-0.15, -0.1) is 0 Å². The molecule has 4 heteroatoms. The van der Waals surface area contributed by atoms with Crippen LogP contribution >= 0.6 is 0 Å². The lowest BCUT2D eigenvalue weighted by Crippen LogP contribution is -2.31. The number of benzene rings is 2. The van der Waals surface area contributed by atoms with Gasteiger partial charge in [-0.2, -0.15) is 0 Å². The maximum absolute atomic E-state index is 12.8. The minimum absolute atomic E-state index is 0.167. The molecule has 2 N–H and O–H groups in total. The van der Waals surface area contributed by atoms with Crippen LogP contribution in [0.1, 0.15) is 18.1 Å². The molecule has 0 fully saturated rings. The molecule has 2 rings (SSSR count). The lowest BCUT2D eigenvalue weighted by atomic mass is 10.1. The van der Waals surface area contributed by atoms with Crippen LogP contribution in [0.4, 0.5) is 15.8 Å². The van der Waals surface area contributed by atoms with Crippen LogP contribution in [0.5, 0.6) is 0 Å². The molecule has 0 saturated carbocycles. The van der Waals surface area contributed by atoms with Crippen molar-refractivity contribution in [1.82, 2.24) is 0 Å². The van der Waals surface area contributed by atoms with Crippen LogP contribution in [0.25, 0.3) is 0 Å². The third-order valence-electron chi connectivity index (χ3n) is 3.40. The number of carbonyl (C=O) groups excluding carboxylic acids is 1. The molecule has 2 aromatic rings. The van der Waals surface area contributed by atoms with Gasteiger partial charge in [-0.1, -0.05) is 6.07 Å². The van der Waals surface area contributed by atoms with Crippen molar-refractivity contribution in [2.45, 2.75) is 26.8 Å². The van der Waals surface area contributed by atoms with Gasteiger partial charge >= 0.3 is 0 Å². The third kappa shape index (κ3) is 4.05. The van der Waals surface area contributed by atoms with Gasteiger partial charge in [-0.25, -0.2) is 4.39 Å². The van der Waals surface area contributed by atoms with E-state index in [4.69, 9.17) is 0 Å². The smallest absolute Gasteiger partial charge is 0.246 e. The van der Waals surface area contributed by atoms with Crippen molar-refractivity contribution < 1.29 is 9.18 Å². The standard InChI is InChI=1S/C17H19FN2O/c1-11-4-7-16(10-12(11)2)19-13(3)17(21)20-15-8-5-14(18)6-9-15/h4-10,13,19H,1-3H3,(H,20,21)/t13-/m1/s1. The zero-order valence-electron chi connectivity index (χ0n) is 12.4. The highest BCUT2D eigenvalue weighted by molar-refractivity contribution is 5.96. The van der Waals surface area contributed by atoms with Crippen LogP contribution in [-0.4, -0.2) is 11.9 Å². The highest BCUT2D eigenvalue weighted by atomic mass is 19.1. The van der Waals surface area contributed by atoms with Gasteiger partial charge in [0.1, 0.15) is 11.9 Å². The molecule has 1 amide bonds. The molecular weight excluding hydrogens is 267 g/mol. The minimum Gasteiger partial charge on any atom is -0.374 e. The molecule has 0 aromatic heterocycles.